The van der Waals surface area contributed by atoms with E-state index in [1.165, 1.54) is 0 Å². The molecule has 1 heterocycles. The average Bonchev–Trinajstić information content (AvgIpc) is 2.89. The fraction of sp³-hybridized carbons (Fsp3) is 0.111. The fourth-order valence-electron chi connectivity index (χ4n) is 3.18. The molecule has 0 amide bonds. The van der Waals surface area contributed by atoms with E-state index in [-0.39, 0.29) is 11.4 Å². The van der Waals surface area contributed by atoms with Crippen LogP contribution in [0.5, 0.6) is 0 Å². The molecule has 1 atom stereocenters. The van der Waals surface area contributed by atoms with Crippen molar-refractivity contribution in [2.75, 3.05) is 5.88 Å². The summed E-state index contributed by atoms with van der Waals surface area (Å²) in [4.78, 5) is 27.0. The number of halogens is 1. The molecular formula is C18H12ClNO3. The quantitative estimate of drug-likeness (QED) is 0.580. The second-order valence-electron chi connectivity index (χ2n) is 5.38. The predicted molar refractivity (Wildman–Crippen MR) is 88.7 cm³/mol. The lowest BCUT2D eigenvalue weighted by molar-refractivity contribution is -0.144. The molecule has 0 spiro atoms. The fourth-order valence-corrected chi connectivity index (χ4v) is 3.24. The Labute approximate surface area is 136 Å². The van der Waals surface area contributed by atoms with E-state index in [0.717, 1.165) is 22.1 Å². The van der Waals surface area contributed by atoms with Crippen molar-refractivity contribution in [1.82, 2.24) is 4.98 Å². The molecule has 1 aromatic heterocycles. The van der Waals surface area contributed by atoms with Gasteiger partial charge in [-0.1, -0.05) is 42.5 Å². The SMILES string of the molecule is O=C(CCl)OC1c2ccccc2-c2[nH]c(=O)c3ccccc3c21. The molecule has 4 rings (SSSR count). The van der Waals surface area contributed by atoms with Crippen LogP contribution in [0.1, 0.15) is 17.2 Å². The summed E-state index contributed by atoms with van der Waals surface area (Å²) >= 11 is 5.60. The minimum atomic E-state index is -0.561. The van der Waals surface area contributed by atoms with Crippen molar-refractivity contribution in [3.05, 3.63) is 70.0 Å². The zero-order valence-corrected chi connectivity index (χ0v) is 12.8. The molecule has 0 aliphatic heterocycles. The third-order valence-corrected chi connectivity index (χ3v) is 4.32. The summed E-state index contributed by atoms with van der Waals surface area (Å²) in [6, 6.07) is 14.9. The Hall–Kier alpha value is -2.59. The van der Waals surface area contributed by atoms with Crippen LogP contribution in [-0.2, 0) is 9.53 Å². The molecule has 1 unspecified atom stereocenters. The van der Waals surface area contributed by atoms with Crippen LogP contribution in [0.15, 0.2) is 53.3 Å². The van der Waals surface area contributed by atoms with Gasteiger partial charge < -0.3 is 9.72 Å². The Morgan fingerprint density at radius 2 is 1.78 bits per heavy atom. The van der Waals surface area contributed by atoms with Crippen LogP contribution in [-0.4, -0.2) is 16.8 Å². The molecule has 1 aliphatic carbocycles. The van der Waals surface area contributed by atoms with E-state index in [2.05, 4.69) is 4.98 Å². The van der Waals surface area contributed by atoms with Crippen molar-refractivity contribution in [1.29, 1.82) is 0 Å². The highest BCUT2D eigenvalue weighted by Gasteiger charge is 2.34. The first kappa shape index (κ1) is 14.0. The van der Waals surface area contributed by atoms with Crippen molar-refractivity contribution in [3.63, 3.8) is 0 Å². The second kappa shape index (κ2) is 5.25. The highest BCUT2D eigenvalue weighted by Crippen LogP contribution is 2.46. The van der Waals surface area contributed by atoms with Crippen LogP contribution in [0.3, 0.4) is 0 Å². The minimum absolute atomic E-state index is 0.154. The third-order valence-electron chi connectivity index (χ3n) is 4.10. The van der Waals surface area contributed by atoms with Crippen LogP contribution >= 0.6 is 11.6 Å². The van der Waals surface area contributed by atoms with Crippen LogP contribution in [0.25, 0.3) is 22.0 Å². The normalized spacial score (nSPS) is 15.3. The standard InChI is InChI=1S/C18H12ClNO3/c19-9-14(21)23-17-12-7-3-2-6-11(12)16-15(17)10-5-1-4-8-13(10)18(22)20-16/h1-8,17H,9H2,(H,20,22). The van der Waals surface area contributed by atoms with Crippen LogP contribution < -0.4 is 5.56 Å². The third kappa shape index (κ3) is 2.06. The zero-order chi connectivity index (χ0) is 16.0. The van der Waals surface area contributed by atoms with E-state index in [1.54, 1.807) is 6.07 Å². The minimum Gasteiger partial charge on any atom is -0.452 e. The van der Waals surface area contributed by atoms with Gasteiger partial charge in [0.05, 0.1) is 5.69 Å². The number of ether oxygens (including phenoxy) is 1. The maximum absolute atomic E-state index is 12.3. The number of benzene rings is 2. The Morgan fingerprint density at radius 1 is 1.09 bits per heavy atom. The van der Waals surface area contributed by atoms with E-state index in [0.29, 0.717) is 11.1 Å². The molecule has 5 heteroatoms. The largest absolute Gasteiger partial charge is 0.452 e. The summed E-state index contributed by atoms with van der Waals surface area (Å²) in [6.07, 6.45) is -0.561. The number of H-pyrrole nitrogens is 1. The Balaban J connectivity index is 2.06. The molecule has 0 saturated heterocycles. The van der Waals surface area contributed by atoms with Gasteiger partial charge in [0, 0.05) is 22.1 Å². The maximum Gasteiger partial charge on any atom is 0.321 e. The number of rotatable bonds is 2. The highest BCUT2D eigenvalue weighted by molar-refractivity contribution is 6.26. The first-order chi connectivity index (χ1) is 11.2. The van der Waals surface area contributed by atoms with E-state index in [9.17, 15) is 9.59 Å². The van der Waals surface area contributed by atoms with E-state index < -0.39 is 12.1 Å². The van der Waals surface area contributed by atoms with Crippen molar-refractivity contribution in [3.8, 4) is 11.3 Å². The van der Waals surface area contributed by atoms with Crippen LogP contribution in [0.4, 0.5) is 0 Å². The smallest absolute Gasteiger partial charge is 0.321 e. The van der Waals surface area contributed by atoms with Crippen LogP contribution in [0, 0.1) is 0 Å². The molecule has 3 aromatic rings. The highest BCUT2D eigenvalue weighted by atomic mass is 35.5. The Bertz CT molecular complexity index is 993. The van der Waals surface area contributed by atoms with Gasteiger partial charge in [-0.15, -0.1) is 11.6 Å². The van der Waals surface area contributed by atoms with Gasteiger partial charge in [-0.2, -0.15) is 0 Å². The topological polar surface area (TPSA) is 59.2 Å². The molecule has 2 aromatic carbocycles. The zero-order valence-electron chi connectivity index (χ0n) is 12.0. The number of aromatic amines is 1. The van der Waals surface area contributed by atoms with Gasteiger partial charge in [-0.05, 0) is 11.5 Å². The first-order valence-corrected chi connectivity index (χ1v) is 7.74. The Morgan fingerprint density at radius 3 is 2.57 bits per heavy atom. The van der Waals surface area contributed by atoms with Crippen molar-refractivity contribution in [2.24, 2.45) is 0 Å². The molecule has 0 saturated carbocycles. The first-order valence-electron chi connectivity index (χ1n) is 7.20. The number of carbonyl (C=O) groups is 1. The molecule has 23 heavy (non-hydrogen) atoms. The number of fused-ring (bicyclic) bond motifs is 5. The van der Waals surface area contributed by atoms with Crippen LogP contribution in [0.2, 0.25) is 0 Å². The number of nitrogens with one attached hydrogen (secondary N) is 1. The van der Waals surface area contributed by atoms with E-state index in [1.807, 2.05) is 42.5 Å². The lowest BCUT2D eigenvalue weighted by atomic mass is 10.0. The van der Waals surface area contributed by atoms with Crippen molar-refractivity contribution in [2.45, 2.75) is 6.10 Å². The van der Waals surface area contributed by atoms with Gasteiger partial charge in [0.1, 0.15) is 5.88 Å². The summed E-state index contributed by atoms with van der Waals surface area (Å²) in [5.74, 6) is -0.704. The number of hydrogen-bond donors (Lipinski definition) is 1. The van der Waals surface area contributed by atoms with Gasteiger partial charge in [0.15, 0.2) is 6.10 Å². The van der Waals surface area contributed by atoms with Crippen molar-refractivity contribution < 1.29 is 9.53 Å². The molecule has 1 aliphatic rings. The molecule has 1 N–H and O–H groups in total. The summed E-state index contributed by atoms with van der Waals surface area (Å²) in [5.41, 5.74) is 3.08. The Kier molecular flexibility index (Phi) is 3.20. The summed E-state index contributed by atoms with van der Waals surface area (Å²) in [6.45, 7) is 0. The molecule has 114 valence electrons. The number of aromatic nitrogens is 1. The lowest BCUT2D eigenvalue weighted by Gasteiger charge is -2.15. The number of carbonyl (C=O) groups excluding carboxylic acids is 1. The van der Waals surface area contributed by atoms with E-state index in [4.69, 9.17) is 16.3 Å². The van der Waals surface area contributed by atoms with Gasteiger partial charge in [0.2, 0.25) is 0 Å². The monoisotopic (exact) mass is 325 g/mol. The predicted octanol–water partition coefficient (Wildman–Crippen LogP) is 3.38. The number of alkyl halides is 1. The number of pyridine rings is 1. The summed E-state index contributed by atoms with van der Waals surface area (Å²) < 4.78 is 5.57. The lowest BCUT2D eigenvalue weighted by Crippen LogP contribution is -2.14. The molecule has 0 bridgehead atoms. The molecule has 4 nitrogen and oxygen atoms in total. The van der Waals surface area contributed by atoms with Gasteiger partial charge in [-0.25, -0.2) is 0 Å². The van der Waals surface area contributed by atoms with Gasteiger partial charge in [0.25, 0.3) is 5.56 Å². The van der Waals surface area contributed by atoms with Crippen molar-refractivity contribution >= 4 is 28.3 Å². The molecule has 0 fully saturated rings. The molecule has 0 radical (unpaired) electrons. The summed E-state index contributed by atoms with van der Waals surface area (Å²) in [5, 5.41) is 1.36. The number of hydrogen-bond acceptors (Lipinski definition) is 3. The molecular weight excluding hydrogens is 314 g/mol. The van der Waals surface area contributed by atoms with Gasteiger partial charge in [-0.3, -0.25) is 9.59 Å². The maximum atomic E-state index is 12.3. The second-order valence-corrected chi connectivity index (χ2v) is 5.65. The van der Waals surface area contributed by atoms with Gasteiger partial charge >= 0.3 is 5.97 Å². The summed E-state index contributed by atoms with van der Waals surface area (Å²) in [7, 11) is 0. The number of esters is 1. The average molecular weight is 326 g/mol. The van der Waals surface area contributed by atoms with E-state index >= 15 is 0 Å².